The molecule has 0 radical (unpaired) electrons. The van der Waals surface area contributed by atoms with Crippen molar-refractivity contribution in [2.75, 3.05) is 34.4 Å². The third kappa shape index (κ3) is 7.17. The van der Waals surface area contributed by atoms with Gasteiger partial charge >= 0.3 is 5.69 Å². The lowest BCUT2D eigenvalue weighted by molar-refractivity contribution is 0.137. The van der Waals surface area contributed by atoms with Crippen molar-refractivity contribution < 1.29 is 13.9 Å². The smallest absolute Gasteiger partial charge is 0.349 e. The molecule has 216 valence electrons. The normalized spacial score (nSPS) is 12.4. The number of amidine groups is 1. The predicted octanol–water partition coefficient (Wildman–Crippen LogP) is 3.73. The van der Waals surface area contributed by atoms with E-state index < -0.39 is 17.4 Å². The van der Waals surface area contributed by atoms with Gasteiger partial charge in [-0.05, 0) is 44.3 Å². The number of hydrogen-bond acceptors (Lipinski definition) is 7. The van der Waals surface area contributed by atoms with Gasteiger partial charge in [0.1, 0.15) is 17.4 Å². The monoisotopic (exact) mass is 561 g/mol. The summed E-state index contributed by atoms with van der Waals surface area (Å²) in [6, 6.07) is 15.4. The molecule has 4 rings (SSSR count). The molecule has 4 N–H and O–H groups in total. The van der Waals surface area contributed by atoms with Crippen molar-refractivity contribution in [2.45, 2.75) is 26.2 Å². The Bertz CT molecular complexity index is 1550. The predicted molar refractivity (Wildman–Crippen MR) is 156 cm³/mol. The van der Waals surface area contributed by atoms with Gasteiger partial charge in [0.15, 0.2) is 17.4 Å². The highest BCUT2D eigenvalue weighted by molar-refractivity contribution is 5.94. The van der Waals surface area contributed by atoms with Crippen molar-refractivity contribution in [3.8, 4) is 17.3 Å². The summed E-state index contributed by atoms with van der Waals surface area (Å²) in [5, 5.41) is 12.2. The SMILES string of the molecule is COc1cc(OCC(C)(C)CN(C)C)c(F)c(C(Cc2ccc(C(=N)N)cc2)c2nn(-c3ccccn3)c(=O)[nH]2)c1. The topological polar surface area (TPSA) is 135 Å². The number of nitrogens with two attached hydrogens (primary N) is 1. The van der Waals surface area contributed by atoms with Crippen LogP contribution in [-0.2, 0) is 6.42 Å². The van der Waals surface area contributed by atoms with Crippen LogP contribution in [0.4, 0.5) is 4.39 Å². The number of ether oxygens (including phenoxy) is 2. The molecule has 1 atom stereocenters. The summed E-state index contributed by atoms with van der Waals surface area (Å²) in [5.41, 5.74) is 6.52. The molecule has 0 spiro atoms. The maximum atomic E-state index is 16.3. The molecule has 11 heteroatoms. The number of aromatic amines is 1. The van der Waals surface area contributed by atoms with Crippen molar-refractivity contribution in [1.29, 1.82) is 5.41 Å². The molecule has 41 heavy (non-hydrogen) atoms. The van der Waals surface area contributed by atoms with Gasteiger partial charge in [0.05, 0.1) is 19.6 Å². The fourth-order valence-corrected chi connectivity index (χ4v) is 4.79. The Hall–Kier alpha value is -4.51. The number of hydrogen-bond donors (Lipinski definition) is 3. The zero-order valence-electron chi connectivity index (χ0n) is 23.9. The van der Waals surface area contributed by atoms with E-state index in [9.17, 15) is 4.79 Å². The molecule has 10 nitrogen and oxygen atoms in total. The molecule has 0 aliphatic carbocycles. The molecule has 2 heterocycles. The Morgan fingerprint density at radius 3 is 2.54 bits per heavy atom. The first-order valence-electron chi connectivity index (χ1n) is 13.2. The second kappa shape index (κ2) is 12.3. The van der Waals surface area contributed by atoms with Crippen LogP contribution in [0.25, 0.3) is 5.82 Å². The highest BCUT2D eigenvalue weighted by atomic mass is 19.1. The summed E-state index contributed by atoms with van der Waals surface area (Å²) in [6.07, 6.45) is 1.84. The fraction of sp³-hybridized carbons (Fsp3) is 0.333. The molecule has 0 aliphatic rings. The summed E-state index contributed by atoms with van der Waals surface area (Å²) in [4.78, 5) is 22.0. The van der Waals surface area contributed by atoms with Gasteiger partial charge in [0.25, 0.3) is 0 Å². The summed E-state index contributed by atoms with van der Waals surface area (Å²) < 4.78 is 29.0. The van der Waals surface area contributed by atoms with Crippen molar-refractivity contribution in [1.82, 2.24) is 24.6 Å². The first-order valence-corrected chi connectivity index (χ1v) is 13.2. The number of aromatic nitrogens is 4. The van der Waals surface area contributed by atoms with Crippen molar-refractivity contribution in [3.05, 3.63) is 99.6 Å². The molecule has 1 unspecified atom stereocenters. The lowest BCUT2D eigenvalue weighted by Crippen LogP contribution is -2.33. The van der Waals surface area contributed by atoms with Gasteiger partial charge in [-0.1, -0.05) is 44.2 Å². The number of halogens is 1. The van der Waals surface area contributed by atoms with Gasteiger partial charge in [0.2, 0.25) is 0 Å². The molecule has 2 aromatic carbocycles. The van der Waals surface area contributed by atoms with E-state index in [0.29, 0.717) is 17.1 Å². The summed E-state index contributed by atoms with van der Waals surface area (Å²) in [5.74, 6) is -0.289. The van der Waals surface area contributed by atoms with E-state index in [2.05, 4.69) is 33.8 Å². The Morgan fingerprint density at radius 1 is 1.20 bits per heavy atom. The number of rotatable bonds is 12. The lowest BCUT2D eigenvalue weighted by Gasteiger charge is -2.28. The molecule has 0 amide bonds. The lowest BCUT2D eigenvalue weighted by atomic mass is 9.90. The number of benzene rings is 2. The Balaban J connectivity index is 1.80. The van der Waals surface area contributed by atoms with Crippen LogP contribution >= 0.6 is 0 Å². The number of pyridine rings is 1. The third-order valence-electron chi connectivity index (χ3n) is 6.55. The van der Waals surface area contributed by atoms with Crippen molar-refractivity contribution in [3.63, 3.8) is 0 Å². The molecular formula is C30H36FN7O3. The summed E-state index contributed by atoms with van der Waals surface area (Å²) in [7, 11) is 5.46. The quantitative estimate of drug-likeness (QED) is 0.177. The summed E-state index contributed by atoms with van der Waals surface area (Å²) in [6.45, 7) is 5.12. The Kier molecular flexibility index (Phi) is 8.87. The average Bonchev–Trinajstić information content (AvgIpc) is 3.32. The van der Waals surface area contributed by atoms with Crippen molar-refractivity contribution in [2.24, 2.45) is 11.1 Å². The number of H-pyrrole nitrogens is 1. The Labute approximate surface area is 238 Å². The fourth-order valence-electron chi connectivity index (χ4n) is 4.79. The molecule has 0 saturated carbocycles. The standard InChI is InChI=1S/C30H36FN7O3/c1-30(2,17-37(3)4)18-41-24-16-21(40-5)15-22(26(24)31)23(14-19-9-11-20(12-10-19)27(32)33)28-35-29(39)38(36-28)25-8-6-7-13-34-25/h6-13,15-16,23H,14,17-18H2,1-5H3,(H3,32,33)(H,35,36,39). The second-order valence-electron chi connectivity index (χ2n) is 11.0. The molecule has 0 fully saturated rings. The molecule has 2 aromatic heterocycles. The first kappa shape index (κ1) is 29.5. The van der Waals surface area contributed by atoms with E-state index >= 15 is 4.39 Å². The second-order valence-corrected chi connectivity index (χ2v) is 11.0. The van der Waals surface area contributed by atoms with E-state index in [-0.39, 0.29) is 41.4 Å². The largest absolute Gasteiger partial charge is 0.497 e. The number of nitrogens with zero attached hydrogens (tertiary/aromatic N) is 4. The first-order chi connectivity index (χ1) is 19.5. The van der Waals surface area contributed by atoms with Gasteiger partial charge < -0.3 is 20.1 Å². The number of methoxy groups -OCH3 is 1. The van der Waals surface area contributed by atoms with Crippen LogP contribution in [0.3, 0.4) is 0 Å². The van der Waals surface area contributed by atoms with Crippen LogP contribution < -0.4 is 20.9 Å². The van der Waals surface area contributed by atoms with E-state index in [1.165, 1.54) is 13.2 Å². The van der Waals surface area contributed by atoms with Gasteiger partial charge in [-0.25, -0.2) is 14.2 Å². The van der Waals surface area contributed by atoms with Crippen LogP contribution in [0.2, 0.25) is 0 Å². The van der Waals surface area contributed by atoms with Gasteiger partial charge in [0, 0.05) is 35.3 Å². The highest BCUT2D eigenvalue weighted by Gasteiger charge is 2.28. The van der Waals surface area contributed by atoms with E-state index in [1.807, 2.05) is 26.2 Å². The minimum Gasteiger partial charge on any atom is -0.497 e. The summed E-state index contributed by atoms with van der Waals surface area (Å²) >= 11 is 0. The van der Waals surface area contributed by atoms with E-state index in [0.717, 1.165) is 16.8 Å². The minimum absolute atomic E-state index is 0.0506. The zero-order valence-corrected chi connectivity index (χ0v) is 23.9. The van der Waals surface area contributed by atoms with E-state index in [4.69, 9.17) is 20.6 Å². The van der Waals surface area contributed by atoms with Crippen molar-refractivity contribution >= 4 is 5.84 Å². The Morgan fingerprint density at radius 2 is 1.93 bits per heavy atom. The molecule has 4 aromatic rings. The maximum Gasteiger partial charge on any atom is 0.349 e. The third-order valence-corrected chi connectivity index (χ3v) is 6.55. The molecular weight excluding hydrogens is 525 g/mol. The maximum absolute atomic E-state index is 16.3. The van der Waals surface area contributed by atoms with Crippen LogP contribution in [-0.4, -0.2) is 64.8 Å². The minimum atomic E-state index is -0.719. The van der Waals surface area contributed by atoms with Gasteiger partial charge in [-0.15, -0.1) is 5.10 Å². The highest BCUT2D eigenvalue weighted by Crippen LogP contribution is 2.36. The van der Waals surface area contributed by atoms with Gasteiger partial charge in [-0.3, -0.25) is 10.4 Å². The average molecular weight is 562 g/mol. The van der Waals surface area contributed by atoms with Crippen LogP contribution in [0.1, 0.15) is 42.3 Å². The van der Waals surface area contributed by atoms with Crippen LogP contribution in [0, 0.1) is 16.6 Å². The zero-order chi connectivity index (χ0) is 29.7. The molecule has 0 bridgehead atoms. The van der Waals surface area contributed by atoms with Crippen LogP contribution in [0.5, 0.6) is 11.5 Å². The number of nitrogen functional groups attached to an aromatic ring is 1. The number of nitrogens with one attached hydrogen (secondary N) is 2. The molecule has 0 saturated heterocycles. The van der Waals surface area contributed by atoms with E-state index in [1.54, 1.807) is 42.6 Å². The molecule has 0 aliphatic heterocycles. The van der Waals surface area contributed by atoms with Gasteiger partial charge in [-0.2, -0.15) is 4.68 Å². The van der Waals surface area contributed by atoms with Crippen LogP contribution in [0.15, 0.2) is 65.6 Å².